The Morgan fingerprint density at radius 1 is 1.08 bits per heavy atom. The summed E-state index contributed by atoms with van der Waals surface area (Å²) in [6.45, 7) is 4.11. The van der Waals surface area contributed by atoms with E-state index in [1.807, 2.05) is 12.1 Å². The highest BCUT2D eigenvalue weighted by molar-refractivity contribution is 5.86. The molecule has 0 spiro atoms. The molecule has 3 aliphatic heterocycles. The van der Waals surface area contributed by atoms with Crippen molar-refractivity contribution >= 4 is 28.4 Å². The van der Waals surface area contributed by atoms with Gasteiger partial charge in [0.2, 0.25) is 0 Å². The first kappa shape index (κ1) is 25.2. The van der Waals surface area contributed by atoms with Gasteiger partial charge in [0.05, 0.1) is 30.8 Å². The number of piperazine rings is 1. The van der Waals surface area contributed by atoms with E-state index >= 15 is 0 Å². The maximum absolute atomic E-state index is 11.8. The van der Waals surface area contributed by atoms with Crippen LogP contribution in [0.2, 0.25) is 0 Å². The molecular weight excluding hydrogens is 494 g/mol. The number of hydrogen-bond donors (Lipinski definition) is 1. The molecule has 3 aliphatic rings. The lowest BCUT2D eigenvalue weighted by Gasteiger charge is -2.40. The molecule has 4 heterocycles. The van der Waals surface area contributed by atoms with Crippen molar-refractivity contribution in [2.75, 3.05) is 49.6 Å². The van der Waals surface area contributed by atoms with Crippen molar-refractivity contribution in [3.05, 3.63) is 53.7 Å². The van der Waals surface area contributed by atoms with E-state index in [0.29, 0.717) is 51.4 Å². The molecule has 2 aromatic carbocycles. The topological polar surface area (TPSA) is 109 Å². The molecule has 0 bridgehead atoms. The molecule has 1 amide bonds. The lowest BCUT2D eigenvalue weighted by atomic mass is 10.1. The molecule has 2 saturated heterocycles. The van der Waals surface area contributed by atoms with Crippen LogP contribution < -0.4 is 14.5 Å². The lowest BCUT2D eigenvalue weighted by Crippen LogP contribution is -2.55. The number of nitriles is 1. The summed E-state index contributed by atoms with van der Waals surface area (Å²) in [6.07, 6.45) is 1.40. The number of rotatable bonds is 6. The quantitative estimate of drug-likeness (QED) is 0.513. The highest BCUT2D eigenvalue weighted by Gasteiger charge is 2.35. The van der Waals surface area contributed by atoms with E-state index in [9.17, 15) is 15.2 Å². The van der Waals surface area contributed by atoms with Crippen LogP contribution in [0.5, 0.6) is 6.01 Å². The Hall–Kier alpha value is -4.10. The van der Waals surface area contributed by atoms with Gasteiger partial charge in [0.15, 0.2) is 0 Å². The summed E-state index contributed by atoms with van der Waals surface area (Å²) in [6, 6.07) is 17.3. The predicted molar refractivity (Wildman–Crippen MR) is 148 cm³/mol. The standard InChI is InChI=1S/C29H33N7O3/c1-33-12-4-7-24(33)19-39-28-31-26-18-35(22-9-8-20-5-2-3-6-21(20)15-22)17-25(26)27(32-28)34-13-14-36(29(37)38)23(16-34)10-11-30/h2-3,5-6,8-9,15,23-24H,4,7,10,12-14,16-19H2,1H3,(H,37,38). The monoisotopic (exact) mass is 527 g/mol. The van der Waals surface area contributed by atoms with Crippen molar-refractivity contribution in [3.63, 3.8) is 0 Å². The van der Waals surface area contributed by atoms with Crippen molar-refractivity contribution < 1.29 is 14.6 Å². The smallest absolute Gasteiger partial charge is 0.407 e. The third-order valence-corrected chi connectivity index (χ3v) is 8.27. The van der Waals surface area contributed by atoms with E-state index in [-0.39, 0.29) is 6.42 Å². The van der Waals surface area contributed by atoms with Gasteiger partial charge in [0.25, 0.3) is 0 Å². The number of likely N-dealkylation sites (N-methyl/N-ethyl adjacent to an activating group) is 1. The Morgan fingerprint density at radius 3 is 2.69 bits per heavy atom. The number of anilines is 2. The molecule has 39 heavy (non-hydrogen) atoms. The molecule has 2 fully saturated rings. The molecule has 10 heteroatoms. The second kappa shape index (κ2) is 10.6. The van der Waals surface area contributed by atoms with Crippen LogP contribution in [0.4, 0.5) is 16.3 Å². The number of amides is 1. The number of aromatic nitrogens is 2. The van der Waals surface area contributed by atoms with Gasteiger partial charge < -0.3 is 29.4 Å². The molecular formula is C29H33N7O3. The zero-order valence-electron chi connectivity index (χ0n) is 22.2. The fraction of sp³-hybridized carbons (Fsp3) is 0.448. The molecule has 3 aromatic rings. The summed E-state index contributed by atoms with van der Waals surface area (Å²) in [5, 5.41) is 21.4. The van der Waals surface area contributed by atoms with Gasteiger partial charge in [-0.15, -0.1) is 0 Å². The normalized spacial score (nSPS) is 21.3. The summed E-state index contributed by atoms with van der Waals surface area (Å²) < 4.78 is 6.18. The first-order valence-corrected chi connectivity index (χ1v) is 13.6. The molecule has 10 nitrogen and oxygen atoms in total. The zero-order chi connectivity index (χ0) is 26.9. The minimum absolute atomic E-state index is 0.136. The van der Waals surface area contributed by atoms with Crippen LogP contribution in [-0.2, 0) is 13.1 Å². The van der Waals surface area contributed by atoms with E-state index in [1.165, 1.54) is 15.7 Å². The van der Waals surface area contributed by atoms with Crippen molar-refractivity contribution in [2.24, 2.45) is 0 Å². The molecule has 0 aliphatic carbocycles. The van der Waals surface area contributed by atoms with Gasteiger partial charge in [-0.1, -0.05) is 30.3 Å². The molecule has 1 aromatic heterocycles. The number of carbonyl (C=O) groups is 1. The van der Waals surface area contributed by atoms with Crippen molar-refractivity contribution in [1.82, 2.24) is 19.8 Å². The number of carboxylic acid groups (broad SMARTS) is 1. The zero-order valence-corrected chi connectivity index (χ0v) is 22.2. The molecule has 2 atom stereocenters. The summed E-state index contributed by atoms with van der Waals surface area (Å²) >= 11 is 0. The van der Waals surface area contributed by atoms with Crippen LogP contribution in [0.15, 0.2) is 42.5 Å². The molecule has 0 radical (unpaired) electrons. The van der Waals surface area contributed by atoms with Crippen LogP contribution in [0, 0.1) is 11.3 Å². The van der Waals surface area contributed by atoms with Crippen LogP contribution in [0.25, 0.3) is 10.8 Å². The van der Waals surface area contributed by atoms with Crippen LogP contribution in [0.3, 0.4) is 0 Å². The first-order valence-electron chi connectivity index (χ1n) is 13.6. The molecule has 1 N–H and O–H groups in total. The summed E-state index contributed by atoms with van der Waals surface area (Å²) in [4.78, 5) is 29.6. The van der Waals surface area contributed by atoms with Gasteiger partial charge in [-0.05, 0) is 49.3 Å². The highest BCUT2D eigenvalue weighted by atomic mass is 16.5. The van der Waals surface area contributed by atoms with E-state index in [4.69, 9.17) is 14.7 Å². The van der Waals surface area contributed by atoms with Crippen LogP contribution in [-0.4, -0.2) is 82.9 Å². The second-order valence-corrected chi connectivity index (χ2v) is 10.7. The number of nitrogens with zero attached hydrogens (tertiary/aromatic N) is 7. The number of hydrogen-bond acceptors (Lipinski definition) is 8. The fourth-order valence-electron chi connectivity index (χ4n) is 6.04. The predicted octanol–water partition coefficient (Wildman–Crippen LogP) is 3.71. The van der Waals surface area contributed by atoms with Gasteiger partial charge in [0.1, 0.15) is 12.4 Å². The number of likely N-dealkylation sites (tertiary alicyclic amines) is 1. The highest BCUT2D eigenvalue weighted by Crippen LogP contribution is 2.36. The van der Waals surface area contributed by atoms with E-state index in [0.717, 1.165) is 42.1 Å². The largest absolute Gasteiger partial charge is 0.465 e. The average Bonchev–Trinajstić information content (AvgIpc) is 3.57. The van der Waals surface area contributed by atoms with Gasteiger partial charge in [-0.2, -0.15) is 15.2 Å². The van der Waals surface area contributed by atoms with Crippen molar-refractivity contribution in [3.8, 4) is 12.1 Å². The maximum Gasteiger partial charge on any atom is 0.407 e. The Labute approximate surface area is 228 Å². The number of fused-ring (bicyclic) bond motifs is 2. The van der Waals surface area contributed by atoms with E-state index in [2.05, 4.69) is 58.1 Å². The lowest BCUT2D eigenvalue weighted by molar-refractivity contribution is 0.119. The fourth-order valence-corrected chi connectivity index (χ4v) is 6.04. The van der Waals surface area contributed by atoms with Gasteiger partial charge >= 0.3 is 12.1 Å². The third-order valence-electron chi connectivity index (χ3n) is 8.27. The molecule has 0 saturated carbocycles. The second-order valence-electron chi connectivity index (χ2n) is 10.7. The number of benzene rings is 2. The first-order chi connectivity index (χ1) is 19.0. The van der Waals surface area contributed by atoms with Gasteiger partial charge in [-0.25, -0.2) is 4.79 Å². The molecule has 202 valence electrons. The maximum atomic E-state index is 11.8. The Kier molecular flexibility index (Phi) is 6.83. The van der Waals surface area contributed by atoms with E-state index < -0.39 is 12.1 Å². The minimum Gasteiger partial charge on any atom is -0.465 e. The molecule has 2 unspecified atom stereocenters. The van der Waals surface area contributed by atoms with Gasteiger partial charge in [0, 0.05) is 43.5 Å². The third kappa shape index (κ3) is 5.02. The van der Waals surface area contributed by atoms with Gasteiger partial charge in [-0.3, -0.25) is 0 Å². The van der Waals surface area contributed by atoms with Crippen LogP contribution >= 0.6 is 0 Å². The Balaban J connectivity index is 1.31. The number of ether oxygens (including phenoxy) is 1. The Bertz CT molecular complexity index is 1420. The average molecular weight is 528 g/mol. The SMILES string of the molecule is CN1CCCC1COc1nc2c(c(N3CCN(C(=O)O)C(CC#N)C3)n1)CN(c1ccc3ccccc3c1)C2. The molecule has 6 rings (SSSR count). The van der Waals surface area contributed by atoms with Crippen LogP contribution in [0.1, 0.15) is 30.5 Å². The van der Waals surface area contributed by atoms with E-state index in [1.54, 1.807) is 0 Å². The Morgan fingerprint density at radius 2 is 1.92 bits per heavy atom. The van der Waals surface area contributed by atoms with Crippen molar-refractivity contribution in [2.45, 2.75) is 44.4 Å². The van der Waals surface area contributed by atoms with Crippen molar-refractivity contribution in [1.29, 1.82) is 5.26 Å². The summed E-state index contributed by atoms with van der Waals surface area (Å²) in [7, 11) is 2.12. The summed E-state index contributed by atoms with van der Waals surface area (Å²) in [5.74, 6) is 0.783. The summed E-state index contributed by atoms with van der Waals surface area (Å²) in [5.41, 5.74) is 3.08. The minimum atomic E-state index is -0.991.